The summed E-state index contributed by atoms with van der Waals surface area (Å²) in [6, 6.07) is 8.92. The molecule has 18 heavy (non-hydrogen) atoms. The van der Waals surface area contributed by atoms with Gasteiger partial charge in [0.15, 0.2) is 0 Å². The van der Waals surface area contributed by atoms with Crippen molar-refractivity contribution in [3.05, 3.63) is 35.4 Å². The molecule has 0 bridgehead atoms. The van der Waals surface area contributed by atoms with Crippen molar-refractivity contribution in [1.29, 1.82) is 5.26 Å². The summed E-state index contributed by atoms with van der Waals surface area (Å²) >= 11 is 2.91. The van der Waals surface area contributed by atoms with Crippen LogP contribution in [-0.4, -0.2) is 18.7 Å². The van der Waals surface area contributed by atoms with Crippen molar-refractivity contribution in [2.75, 3.05) is 6.61 Å². The van der Waals surface area contributed by atoms with Gasteiger partial charge in [-0.1, -0.05) is 23.6 Å². The van der Waals surface area contributed by atoms with Gasteiger partial charge in [0.05, 0.1) is 0 Å². The highest BCUT2D eigenvalue weighted by Crippen LogP contribution is 2.04. The quantitative estimate of drug-likeness (QED) is 0.683. The molecule has 1 aromatic carbocycles. The molecule has 0 spiro atoms. The maximum absolute atomic E-state index is 11.8. The summed E-state index contributed by atoms with van der Waals surface area (Å²) in [7, 11) is 0. The summed E-state index contributed by atoms with van der Waals surface area (Å²) in [4.78, 5) is 14.3. The number of nitrogens with one attached hydrogen (secondary N) is 1. The standard InChI is InChI=1S/C13H11BrN2O2/c1-10-4-2-5-11(8-10)13(17)16-12(9-15)18-7-3-6-14/h2,4-5,8,12H,7H2,1H3,(H,16,17). The number of rotatable bonds is 4. The van der Waals surface area contributed by atoms with Crippen LogP contribution in [0.3, 0.4) is 0 Å². The molecule has 4 nitrogen and oxygen atoms in total. The second-order valence-corrected chi connectivity index (χ2v) is 3.83. The average Bonchev–Trinajstić information content (AvgIpc) is 2.37. The molecular formula is C13H11BrN2O2. The molecule has 5 heteroatoms. The topological polar surface area (TPSA) is 62.1 Å². The van der Waals surface area contributed by atoms with Crippen molar-refractivity contribution < 1.29 is 9.53 Å². The van der Waals surface area contributed by atoms with Gasteiger partial charge in [0.2, 0.25) is 6.23 Å². The number of benzene rings is 1. The van der Waals surface area contributed by atoms with Crippen LogP contribution in [0, 0.1) is 29.0 Å². The lowest BCUT2D eigenvalue weighted by Gasteiger charge is -2.11. The Morgan fingerprint density at radius 2 is 2.39 bits per heavy atom. The number of ether oxygens (including phenoxy) is 1. The molecule has 0 aromatic heterocycles. The maximum atomic E-state index is 11.8. The number of nitriles is 1. The van der Waals surface area contributed by atoms with Crippen LogP contribution >= 0.6 is 15.9 Å². The molecule has 1 N–H and O–H groups in total. The van der Waals surface area contributed by atoms with Gasteiger partial charge in [-0.15, -0.1) is 0 Å². The van der Waals surface area contributed by atoms with E-state index >= 15 is 0 Å². The Hall–Kier alpha value is -1.82. The molecule has 0 heterocycles. The first-order valence-corrected chi connectivity index (χ1v) is 5.94. The molecule has 1 atom stereocenters. The number of hydrogen-bond acceptors (Lipinski definition) is 3. The van der Waals surface area contributed by atoms with E-state index in [2.05, 4.69) is 32.0 Å². The summed E-state index contributed by atoms with van der Waals surface area (Å²) in [5.41, 5.74) is 1.47. The largest absolute Gasteiger partial charge is 0.332 e. The van der Waals surface area contributed by atoms with Crippen LogP contribution < -0.4 is 5.32 Å². The Morgan fingerprint density at radius 1 is 1.61 bits per heavy atom. The molecule has 1 unspecified atom stereocenters. The van der Waals surface area contributed by atoms with Crippen molar-refractivity contribution in [3.8, 4) is 16.8 Å². The van der Waals surface area contributed by atoms with E-state index in [0.717, 1.165) is 5.56 Å². The van der Waals surface area contributed by atoms with Crippen LogP contribution in [0.15, 0.2) is 24.3 Å². The average molecular weight is 307 g/mol. The predicted molar refractivity (Wildman–Crippen MR) is 70.7 cm³/mol. The second kappa shape index (κ2) is 7.50. The second-order valence-electron chi connectivity index (χ2n) is 3.43. The van der Waals surface area contributed by atoms with Crippen molar-refractivity contribution in [1.82, 2.24) is 5.32 Å². The van der Waals surface area contributed by atoms with Crippen molar-refractivity contribution in [2.45, 2.75) is 13.2 Å². The number of amides is 1. The normalized spacial score (nSPS) is 10.7. The predicted octanol–water partition coefficient (Wildman–Crippen LogP) is 1.95. The molecule has 1 aromatic rings. The zero-order chi connectivity index (χ0) is 13.4. The Morgan fingerprint density at radius 3 is 3.00 bits per heavy atom. The van der Waals surface area contributed by atoms with Gasteiger partial charge in [-0.2, -0.15) is 5.26 Å². The van der Waals surface area contributed by atoms with Gasteiger partial charge in [-0.3, -0.25) is 4.79 Å². The summed E-state index contributed by atoms with van der Waals surface area (Å²) in [5, 5.41) is 11.3. The Kier molecular flexibility index (Phi) is 5.93. The van der Waals surface area contributed by atoms with Crippen molar-refractivity contribution >= 4 is 21.8 Å². The molecule has 92 valence electrons. The highest BCUT2D eigenvalue weighted by Gasteiger charge is 2.12. The summed E-state index contributed by atoms with van der Waals surface area (Å²) in [5.74, 6) is 2.23. The molecule has 0 fully saturated rings. The lowest BCUT2D eigenvalue weighted by molar-refractivity contribution is 0.0685. The number of hydrogen-bond donors (Lipinski definition) is 1. The number of nitrogens with zero attached hydrogens (tertiary/aromatic N) is 1. The third kappa shape index (κ3) is 4.58. The molecule has 0 saturated carbocycles. The Balaban J connectivity index is 2.62. The smallest absolute Gasteiger partial charge is 0.254 e. The lowest BCUT2D eigenvalue weighted by atomic mass is 10.1. The van der Waals surface area contributed by atoms with Gasteiger partial charge < -0.3 is 10.1 Å². The fourth-order valence-corrected chi connectivity index (χ4v) is 1.37. The van der Waals surface area contributed by atoms with E-state index in [-0.39, 0.29) is 12.5 Å². The molecule has 0 aliphatic carbocycles. The van der Waals surface area contributed by atoms with E-state index in [4.69, 9.17) is 10.00 Å². The first kappa shape index (κ1) is 14.2. The Bertz CT molecular complexity index is 526. The minimum absolute atomic E-state index is 0.0670. The van der Waals surface area contributed by atoms with Crippen LogP contribution in [0.1, 0.15) is 15.9 Å². The van der Waals surface area contributed by atoms with Crippen molar-refractivity contribution in [2.24, 2.45) is 0 Å². The van der Waals surface area contributed by atoms with Gasteiger partial charge >= 0.3 is 0 Å². The van der Waals surface area contributed by atoms with E-state index in [1.54, 1.807) is 18.2 Å². The third-order valence-corrected chi connectivity index (χ3v) is 2.33. The van der Waals surface area contributed by atoms with E-state index in [1.165, 1.54) is 0 Å². The SMILES string of the molecule is Cc1cccc(C(=O)NC(C#N)OCC#CBr)c1. The van der Waals surface area contributed by atoms with Crippen LogP contribution in [0.4, 0.5) is 0 Å². The van der Waals surface area contributed by atoms with Gasteiger partial charge in [-0.25, -0.2) is 0 Å². The van der Waals surface area contributed by atoms with E-state index < -0.39 is 6.23 Å². The first-order valence-electron chi connectivity index (χ1n) is 5.14. The summed E-state index contributed by atoms with van der Waals surface area (Å²) < 4.78 is 5.06. The number of carbonyl (C=O) groups excluding carboxylic acids is 1. The first-order chi connectivity index (χ1) is 8.67. The fourth-order valence-electron chi connectivity index (χ4n) is 1.25. The molecule has 0 saturated heterocycles. The number of aryl methyl sites for hydroxylation is 1. The minimum atomic E-state index is -1.01. The van der Waals surface area contributed by atoms with Gasteiger partial charge in [-0.05, 0) is 23.9 Å². The van der Waals surface area contributed by atoms with E-state index in [0.29, 0.717) is 5.56 Å². The van der Waals surface area contributed by atoms with Crippen molar-refractivity contribution in [3.63, 3.8) is 0 Å². The molecule has 0 aliphatic rings. The van der Waals surface area contributed by atoms with Gasteiger partial charge in [0.1, 0.15) is 12.7 Å². The zero-order valence-corrected chi connectivity index (χ0v) is 11.3. The molecular weight excluding hydrogens is 296 g/mol. The number of carbonyl (C=O) groups is 1. The lowest BCUT2D eigenvalue weighted by Crippen LogP contribution is -2.35. The highest BCUT2D eigenvalue weighted by molar-refractivity contribution is 9.12. The molecule has 0 aliphatic heterocycles. The Labute approximate surface area is 114 Å². The molecule has 1 rings (SSSR count). The third-order valence-electron chi connectivity index (χ3n) is 2.05. The van der Waals surface area contributed by atoms with Gasteiger partial charge in [0, 0.05) is 21.5 Å². The minimum Gasteiger partial charge on any atom is -0.332 e. The zero-order valence-electron chi connectivity index (χ0n) is 9.74. The fraction of sp³-hybridized carbons (Fsp3) is 0.231. The van der Waals surface area contributed by atoms with Crippen LogP contribution in [-0.2, 0) is 4.74 Å². The number of halogens is 1. The maximum Gasteiger partial charge on any atom is 0.254 e. The summed E-state index contributed by atoms with van der Waals surface area (Å²) in [6.07, 6.45) is -1.01. The molecule has 0 radical (unpaired) electrons. The van der Waals surface area contributed by atoms with E-state index in [9.17, 15) is 4.79 Å². The monoisotopic (exact) mass is 306 g/mol. The molecule has 1 amide bonds. The van der Waals surface area contributed by atoms with Crippen LogP contribution in [0.25, 0.3) is 0 Å². The van der Waals surface area contributed by atoms with E-state index in [1.807, 2.05) is 19.1 Å². The van der Waals surface area contributed by atoms with Crippen LogP contribution in [0.5, 0.6) is 0 Å². The highest BCUT2D eigenvalue weighted by atomic mass is 79.9. The van der Waals surface area contributed by atoms with Crippen LogP contribution in [0.2, 0.25) is 0 Å². The van der Waals surface area contributed by atoms with Gasteiger partial charge in [0.25, 0.3) is 5.91 Å². The summed E-state index contributed by atoms with van der Waals surface area (Å²) in [6.45, 7) is 1.96.